The first-order chi connectivity index (χ1) is 14.3. The number of rotatable bonds is 3. The molecule has 2 atom stereocenters. The topological polar surface area (TPSA) is 36.0 Å². The highest BCUT2D eigenvalue weighted by Gasteiger charge is 2.41. The van der Waals surface area contributed by atoms with Crippen LogP contribution < -0.4 is 4.74 Å². The lowest BCUT2D eigenvalue weighted by atomic mass is 10.1. The molecule has 1 saturated heterocycles. The molecule has 7 heteroatoms. The van der Waals surface area contributed by atoms with E-state index in [4.69, 9.17) is 27.9 Å². The number of fused-ring (bicyclic) bond motifs is 1. The molecule has 1 heterocycles. The standard InChI is InChI=1S/C23H27Cl2N3O2/c1-15-6-4-5-7-21(15)30-22-18-12-16(24)13-19(25)17(18)14-20(22)27-8-10-28(11-9-27)23(29)26(2)3/h4-7,12-13,20,22H,8-11,14H2,1-3H3/t20-,22-/m0/s1. The molecule has 0 spiro atoms. The molecule has 0 saturated carbocycles. The summed E-state index contributed by atoms with van der Waals surface area (Å²) in [5.41, 5.74) is 3.27. The number of amides is 2. The van der Waals surface area contributed by atoms with E-state index in [1.807, 2.05) is 35.2 Å². The van der Waals surface area contributed by atoms with Crippen LogP contribution in [0.5, 0.6) is 5.75 Å². The van der Waals surface area contributed by atoms with E-state index >= 15 is 0 Å². The van der Waals surface area contributed by atoms with Crippen molar-refractivity contribution < 1.29 is 9.53 Å². The largest absolute Gasteiger partial charge is 0.484 e. The van der Waals surface area contributed by atoms with Gasteiger partial charge >= 0.3 is 6.03 Å². The summed E-state index contributed by atoms with van der Waals surface area (Å²) in [7, 11) is 3.58. The van der Waals surface area contributed by atoms with Gasteiger partial charge in [-0.2, -0.15) is 0 Å². The van der Waals surface area contributed by atoms with Crippen molar-refractivity contribution in [3.63, 3.8) is 0 Å². The van der Waals surface area contributed by atoms with E-state index in [1.165, 1.54) is 0 Å². The molecule has 2 aromatic carbocycles. The highest BCUT2D eigenvalue weighted by atomic mass is 35.5. The Labute approximate surface area is 188 Å². The van der Waals surface area contributed by atoms with Crippen molar-refractivity contribution in [2.24, 2.45) is 0 Å². The number of carbonyl (C=O) groups excluding carboxylic acids is 1. The molecule has 2 aliphatic rings. The lowest BCUT2D eigenvalue weighted by Gasteiger charge is -2.40. The van der Waals surface area contributed by atoms with Gasteiger partial charge in [0.1, 0.15) is 11.9 Å². The quantitative estimate of drug-likeness (QED) is 0.686. The summed E-state index contributed by atoms with van der Waals surface area (Å²) in [6.45, 7) is 5.07. The number of urea groups is 1. The minimum Gasteiger partial charge on any atom is -0.484 e. The lowest BCUT2D eigenvalue weighted by Crippen LogP contribution is -2.55. The molecule has 2 amide bonds. The van der Waals surface area contributed by atoms with Crippen LogP contribution in [0.4, 0.5) is 4.79 Å². The minimum atomic E-state index is -0.159. The van der Waals surface area contributed by atoms with Crippen molar-refractivity contribution in [2.45, 2.75) is 25.5 Å². The van der Waals surface area contributed by atoms with E-state index in [0.29, 0.717) is 23.1 Å². The maximum Gasteiger partial charge on any atom is 0.319 e. The number of carbonyl (C=O) groups is 1. The molecule has 5 nitrogen and oxygen atoms in total. The second-order valence-corrected chi connectivity index (χ2v) is 9.07. The van der Waals surface area contributed by atoms with Gasteiger partial charge in [-0.05, 0) is 42.7 Å². The molecule has 0 radical (unpaired) electrons. The summed E-state index contributed by atoms with van der Waals surface area (Å²) < 4.78 is 6.57. The van der Waals surface area contributed by atoms with E-state index in [2.05, 4.69) is 17.9 Å². The minimum absolute atomic E-state index is 0.0619. The Morgan fingerprint density at radius 3 is 2.47 bits per heavy atom. The van der Waals surface area contributed by atoms with Crippen molar-refractivity contribution in [1.29, 1.82) is 0 Å². The van der Waals surface area contributed by atoms with Crippen LogP contribution in [0.3, 0.4) is 0 Å². The fraction of sp³-hybridized carbons (Fsp3) is 0.435. The molecule has 0 unspecified atom stereocenters. The van der Waals surface area contributed by atoms with Crippen LogP contribution in [0, 0.1) is 6.92 Å². The van der Waals surface area contributed by atoms with Gasteiger partial charge in [0.2, 0.25) is 0 Å². The molecular weight excluding hydrogens is 421 g/mol. The molecule has 160 valence electrons. The van der Waals surface area contributed by atoms with Crippen molar-refractivity contribution in [3.8, 4) is 5.75 Å². The molecule has 0 N–H and O–H groups in total. The average Bonchev–Trinajstić information content (AvgIpc) is 3.08. The van der Waals surface area contributed by atoms with Gasteiger partial charge in [0.15, 0.2) is 0 Å². The summed E-state index contributed by atoms with van der Waals surface area (Å²) >= 11 is 12.9. The van der Waals surface area contributed by atoms with Gasteiger partial charge in [0, 0.05) is 55.9 Å². The number of hydrogen-bond donors (Lipinski definition) is 0. The van der Waals surface area contributed by atoms with Crippen LogP contribution in [-0.4, -0.2) is 67.0 Å². The molecule has 0 bridgehead atoms. The van der Waals surface area contributed by atoms with Crippen molar-refractivity contribution in [3.05, 3.63) is 63.1 Å². The third-order valence-electron chi connectivity index (χ3n) is 6.05. The summed E-state index contributed by atoms with van der Waals surface area (Å²) in [5.74, 6) is 0.873. The number of para-hydroxylation sites is 1. The second-order valence-electron chi connectivity index (χ2n) is 8.23. The van der Waals surface area contributed by atoms with Crippen LogP contribution in [-0.2, 0) is 6.42 Å². The van der Waals surface area contributed by atoms with Crippen LogP contribution in [0.2, 0.25) is 10.0 Å². The molecule has 4 rings (SSSR count). The Hall–Kier alpha value is -1.95. The average molecular weight is 448 g/mol. The summed E-state index contributed by atoms with van der Waals surface area (Å²) in [4.78, 5) is 18.3. The third kappa shape index (κ3) is 4.11. The van der Waals surface area contributed by atoms with Gasteiger partial charge in [-0.1, -0.05) is 41.4 Å². The summed E-state index contributed by atoms with van der Waals surface area (Å²) in [5, 5.41) is 1.32. The van der Waals surface area contributed by atoms with Crippen LogP contribution in [0.1, 0.15) is 22.8 Å². The van der Waals surface area contributed by atoms with Crippen LogP contribution >= 0.6 is 23.2 Å². The number of hydrogen-bond acceptors (Lipinski definition) is 3. The first-order valence-electron chi connectivity index (χ1n) is 10.3. The lowest BCUT2D eigenvalue weighted by molar-refractivity contribution is 0.0438. The molecule has 0 aromatic heterocycles. The monoisotopic (exact) mass is 447 g/mol. The van der Waals surface area contributed by atoms with Crippen molar-refractivity contribution in [1.82, 2.24) is 14.7 Å². The second kappa shape index (κ2) is 8.66. The Morgan fingerprint density at radius 2 is 1.80 bits per heavy atom. The maximum atomic E-state index is 12.3. The van der Waals surface area contributed by atoms with E-state index in [1.54, 1.807) is 19.0 Å². The first kappa shape index (κ1) is 21.3. The molecular formula is C23H27Cl2N3O2. The number of ether oxygens (including phenoxy) is 1. The predicted octanol–water partition coefficient (Wildman–Crippen LogP) is 4.65. The molecule has 1 aliphatic heterocycles. The highest BCUT2D eigenvalue weighted by molar-refractivity contribution is 6.35. The normalized spacial score (nSPS) is 21.4. The van der Waals surface area contributed by atoms with Crippen molar-refractivity contribution in [2.75, 3.05) is 40.3 Å². The Kier molecular flexibility index (Phi) is 6.14. The SMILES string of the molecule is Cc1ccccc1O[C@H]1c2cc(Cl)cc(Cl)c2C[C@@H]1N1CCN(C(=O)N(C)C)CC1. The zero-order valence-electron chi connectivity index (χ0n) is 17.6. The van der Waals surface area contributed by atoms with Crippen molar-refractivity contribution >= 4 is 29.2 Å². The van der Waals surface area contributed by atoms with Gasteiger partial charge in [-0.25, -0.2) is 4.79 Å². The Bertz CT molecular complexity index is 942. The highest BCUT2D eigenvalue weighted by Crippen LogP contribution is 2.43. The number of benzene rings is 2. The molecule has 2 aromatic rings. The fourth-order valence-electron chi connectivity index (χ4n) is 4.43. The van der Waals surface area contributed by atoms with Crippen LogP contribution in [0.15, 0.2) is 36.4 Å². The number of aryl methyl sites for hydroxylation is 1. The first-order valence-corrected chi connectivity index (χ1v) is 11.0. The molecule has 30 heavy (non-hydrogen) atoms. The Morgan fingerprint density at radius 1 is 1.10 bits per heavy atom. The van der Waals surface area contributed by atoms with Gasteiger partial charge < -0.3 is 14.5 Å². The smallest absolute Gasteiger partial charge is 0.319 e. The van der Waals surface area contributed by atoms with Gasteiger partial charge in [-0.3, -0.25) is 4.90 Å². The van der Waals surface area contributed by atoms with Gasteiger partial charge in [-0.15, -0.1) is 0 Å². The molecule has 1 aliphatic carbocycles. The van der Waals surface area contributed by atoms with E-state index in [0.717, 1.165) is 42.0 Å². The third-order valence-corrected chi connectivity index (χ3v) is 6.60. The van der Waals surface area contributed by atoms with Gasteiger partial charge in [0.05, 0.1) is 6.04 Å². The number of nitrogens with zero attached hydrogens (tertiary/aromatic N) is 3. The summed E-state index contributed by atoms with van der Waals surface area (Å²) in [6, 6.07) is 12.1. The number of halogens is 2. The molecule has 1 fully saturated rings. The number of piperazine rings is 1. The fourth-order valence-corrected chi connectivity index (χ4v) is 5.02. The maximum absolute atomic E-state index is 12.3. The zero-order valence-corrected chi connectivity index (χ0v) is 19.1. The van der Waals surface area contributed by atoms with E-state index < -0.39 is 0 Å². The van der Waals surface area contributed by atoms with Crippen LogP contribution in [0.25, 0.3) is 0 Å². The summed E-state index contributed by atoms with van der Waals surface area (Å²) in [6.07, 6.45) is 0.650. The van der Waals surface area contributed by atoms with E-state index in [-0.39, 0.29) is 18.2 Å². The predicted molar refractivity (Wildman–Crippen MR) is 121 cm³/mol. The van der Waals surface area contributed by atoms with E-state index in [9.17, 15) is 4.79 Å². The zero-order chi connectivity index (χ0) is 21.4. The Balaban J connectivity index is 1.60. The van der Waals surface area contributed by atoms with Gasteiger partial charge in [0.25, 0.3) is 0 Å².